The molecule has 1 atom stereocenters. The fraction of sp³-hybridized carbons (Fsp3) is 0.111. The molecule has 3 N–H and O–H groups in total. The molecule has 6 nitrogen and oxygen atoms in total. The zero-order chi connectivity index (χ0) is 18.4. The van der Waals surface area contributed by atoms with E-state index in [1.54, 1.807) is 0 Å². The third kappa shape index (κ3) is 4.53. The third-order valence-corrected chi connectivity index (χ3v) is 4.84. The molecule has 134 valence electrons. The molecule has 1 aromatic heterocycles. The van der Waals surface area contributed by atoms with Crippen molar-refractivity contribution in [2.75, 3.05) is 17.0 Å². The molecule has 0 fully saturated rings. The highest BCUT2D eigenvalue weighted by Crippen LogP contribution is 2.28. The fourth-order valence-electron chi connectivity index (χ4n) is 2.47. The highest BCUT2D eigenvalue weighted by atomic mass is 127. The normalized spacial score (nSPS) is 10.8. The average molecular weight is 479 g/mol. The van der Waals surface area contributed by atoms with Gasteiger partial charge in [0.2, 0.25) is 0 Å². The van der Waals surface area contributed by atoms with Gasteiger partial charge in [-0.2, -0.15) is 5.10 Å². The zero-order valence-electron chi connectivity index (χ0n) is 14.2. The Morgan fingerprint density at radius 3 is 2.73 bits per heavy atom. The van der Waals surface area contributed by atoms with Gasteiger partial charge in [0.1, 0.15) is 5.75 Å². The second-order valence-corrected chi connectivity index (χ2v) is 7.42. The second kappa shape index (κ2) is 9.00. The number of anilines is 3. The maximum Gasteiger partial charge on any atom is 0.152 e. The highest BCUT2D eigenvalue weighted by molar-refractivity contribution is 14.2. The van der Waals surface area contributed by atoms with Crippen LogP contribution in [0.15, 0.2) is 54.7 Å². The summed E-state index contributed by atoms with van der Waals surface area (Å²) < 4.78 is 7.27. The Kier molecular flexibility index (Phi) is 6.46. The first-order valence-corrected chi connectivity index (χ1v) is 12.2. The largest absolute Gasteiger partial charge is 0.494 e. The van der Waals surface area contributed by atoms with Gasteiger partial charge in [-0.3, -0.25) is 0 Å². The molecule has 0 aliphatic rings. The van der Waals surface area contributed by atoms with Crippen molar-refractivity contribution in [1.82, 2.24) is 9.78 Å². The van der Waals surface area contributed by atoms with Gasteiger partial charge in [-0.15, -0.1) is 0 Å². The number of nitrogens with one attached hydrogen (secondary N) is 3. The van der Waals surface area contributed by atoms with Crippen LogP contribution in [-0.4, -0.2) is 22.6 Å². The van der Waals surface area contributed by atoms with Crippen molar-refractivity contribution in [2.24, 2.45) is 0 Å². The van der Waals surface area contributed by atoms with Crippen molar-refractivity contribution in [3.05, 3.63) is 60.3 Å². The Bertz CT molecular complexity index is 882. The standard InChI is InChI=1S/C18H19IN5OP/c1-2-25-16-6-4-15(5-7-16)24-10-9-18(22-24)21-14-3-8-17(23-26-19)13(11-14)12-20/h3-12,20,23,26H,2H2,1H3,(H,21,22). The quantitative estimate of drug-likeness (QED) is 0.231. The lowest BCUT2D eigenvalue weighted by atomic mass is 10.2. The van der Waals surface area contributed by atoms with Crippen LogP contribution in [0, 0.1) is 5.41 Å². The van der Waals surface area contributed by atoms with E-state index >= 15 is 0 Å². The first kappa shape index (κ1) is 18.7. The molecule has 0 radical (unpaired) electrons. The molecule has 2 aromatic carbocycles. The van der Waals surface area contributed by atoms with Crippen molar-refractivity contribution >= 4 is 51.8 Å². The Hall–Kier alpha value is -2.12. The van der Waals surface area contributed by atoms with Gasteiger partial charge in [-0.05, 0) is 71.4 Å². The highest BCUT2D eigenvalue weighted by Gasteiger charge is 2.05. The van der Waals surface area contributed by atoms with Crippen LogP contribution in [0.1, 0.15) is 12.5 Å². The maximum absolute atomic E-state index is 7.58. The molecular weight excluding hydrogens is 460 g/mol. The summed E-state index contributed by atoms with van der Waals surface area (Å²) in [5, 5.41) is 18.7. The molecule has 0 aliphatic carbocycles. The minimum atomic E-state index is 0.563. The van der Waals surface area contributed by atoms with Gasteiger partial charge in [0, 0.05) is 41.8 Å². The van der Waals surface area contributed by atoms with E-state index < -0.39 is 0 Å². The number of rotatable bonds is 8. The van der Waals surface area contributed by atoms with E-state index in [0.717, 1.165) is 34.2 Å². The van der Waals surface area contributed by atoms with Crippen LogP contribution >= 0.6 is 28.4 Å². The summed E-state index contributed by atoms with van der Waals surface area (Å²) in [6, 6.07) is 15.6. The SMILES string of the molecule is CCOc1ccc(-n2ccc(Nc3ccc(NPI)c(C=N)c3)n2)cc1. The van der Waals surface area contributed by atoms with Crippen molar-refractivity contribution in [3.63, 3.8) is 0 Å². The van der Waals surface area contributed by atoms with Crippen LogP contribution in [0.4, 0.5) is 17.2 Å². The lowest BCUT2D eigenvalue weighted by molar-refractivity contribution is 0.340. The molecule has 8 heteroatoms. The number of ether oxygens (including phenoxy) is 1. The molecule has 26 heavy (non-hydrogen) atoms. The predicted octanol–water partition coefficient (Wildman–Crippen LogP) is 5.37. The van der Waals surface area contributed by atoms with Gasteiger partial charge in [0.05, 0.1) is 12.3 Å². The summed E-state index contributed by atoms with van der Waals surface area (Å²) in [6.07, 6.45) is 3.82. The molecule has 0 saturated heterocycles. The number of aromatic nitrogens is 2. The number of nitrogens with zero attached hydrogens (tertiary/aromatic N) is 2. The van der Waals surface area contributed by atoms with Gasteiger partial charge in [-0.1, -0.05) is 0 Å². The molecule has 0 spiro atoms. The molecule has 3 aromatic rings. The third-order valence-electron chi connectivity index (χ3n) is 3.66. The molecule has 0 bridgehead atoms. The molecule has 1 unspecified atom stereocenters. The zero-order valence-corrected chi connectivity index (χ0v) is 17.3. The Morgan fingerprint density at radius 2 is 2.04 bits per heavy atom. The van der Waals surface area contributed by atoms with E-state index in [0.29, 0.717) is 13.0 Å². The molecule has 0 saturated carbocycles. The summed E-state index contributed by atoms with van der Waals surface area (Å²) in [6.45, 7) is 2.62. The molecule has 3 rings (SSSR count). The monoisotopic (exact) mass is 479 g/mol. The van der Waals surface area contributed by atoms with Crippen molar-refractivity contribution in [3.8, 4) is 11.4 Å². The van der Waals surface area contributed by atoms with Gasteiger partial charge in [0.15, 0.2) is 5.82 Å². The molecule has 0 aliphatic heterocycles. The smallest absolute Gasteiger partial charge is 0.152 e. The Labute approximate surface area is 167 Å². The lowest BCUT2D eigenvalue weighted by Gasteiger charge is -2.09. The number of hydrogen-bond donors (Lipinski definition) is 3. The molecule has 1 heterocycles. The van der Waals surface area contributed by atoms with Crippen LogP contribution in [0.3, 0.4) is 0 Å². The van der Waals surface area contributed by atoms with Crippen LogP contribution in [0.2, 0.25) is 0 Å². The second-order valence-electron chi connectivity index (χ2n) is 5.36. The van der Waals surface area contributed by atoms with E-state index in [9.17, 15) is 0 Å². The molecule has 0 amide bonds. The molecular formula is C18H19IN5OP. The number of benzene rings is 2. The van der Waals surface area contributed by atoms with Crippen molar-refractivity contribution < 1.29 is 4.74 Å². The van der Waals surface area contributed by atoms with E-state index in [1.807, 2.05) is 66.3 Å². The minimum absolute atomic E-state index is 0.563. The van der Waals surface area contributed by atoms with Crippen LogP contribution < -0.4 is 15.1 Å². The van der Waals surface area contributed by atoms with E-state index in [2.05, 4.69) is 37.5 Å². The maximum atomic E-state index is 7.58. The summed E-state index contributed by atoms with van der Waals surface area (Å²) in [5.74, 6) is 1.59. The van der Waals surface area contributed by atoms with E-state index in [-0.39, 0.29) is 0 Å². The topological polar surface area (TPSA) is 75.0 Å². The van der Waals surface area contributed by atoms with Crippen LogP contribution in [0.25, 0.3) is 5.69 Å². The van der Waals surface area contributed by atoms with Crippen LogP contribution in [-0.2, 0) is 0 Å². The van der Waals surface area contributed by atoms with Gasteiger partial charge < -0.3 is 20.6 Å². The van der Waals surface area contributed by atoms with E-state index in [1.165, 1.54) is 6.21 Å². The van der Waals surface area contributed by atoms with Gasteiger partial charge in [-0.25, -0.2) is 4.68 Å². The summed E-state index contributed by atoms with van der Waals surface area (Å²) in [4.78, 5) is 0. The predicted molar refractivity (Wildman–Crippen MR) is 118 cm³/mol. The first-order chi connectivity index (χ1) is 12.7. The fourth-order valence-corrected chi connectivity index (χ4v) is 3.67. The minimum Gasteiger partial charge on any atom is -0.494 e. The van der Waals surface area contributed by atoms with Crippen molar-refractivity contribution in [2.45, 2.75) is 6.92 Å². The van der Waals surface area contributed by atoms with E-state index in [4.69, 9.17) is 10.1 Å². The Balaban J connectivity index is 1.75. The van der Waals surface area contributed by atoms with Crippen molar-refractivity contribution in [1.29, 1.82) is 5.41 Å². The number of hydrogen-bond acceptors (Lipinski definition) is 5. The lowest BCUT2D eigenvalue weighted by Crippen LogP contribution is -1.98. The summed E-state index contributed by atoms with van der Waals surface area (Å²) in [7, 11) is 0. The van der Waals surface area contributed by atoms with Gasteiger partial charge >= 0.3 is 0 Å². The Morgan fingerprint density at radius 1 is 1.23 bits per heavy atom. The summed E-state index contributed by atoms with van der Waals surface area (Å²) >= 11 is 2.27. The number of halogens is 1. The van der Waals surface area contributed by atoms with Gasteiger partial charge in [0.25, 0.3) is 0 Å². The van der Waals surface area contributed by atoms with Crippen LogP contribution in [0.5, 0.6) is 5.75 Å². The summed E-state index contributed by atoms with van der Waals surface area (Å²) in [5.41, 5.74) is 3.65. The first-order valence-electron chi connectivity index (χ1n) is 8.05. The average Bonchev–Trinajstić information content (AvgIpc) is 3.12.